The summed E-state index contributed by atoms with van der Waals surface area (Å²) in [6.45, 7) is 12.5. The van der Waals surface area contributed by atoms with Crippen LogP contribution in [0.4, 0.5) is 0 Å². The number of aryl methyl sites for hydroxylation is 1. The Kier molecular flexibility index (Phi) is 6.42. The van der Waals surface area contributed by atoms with Crippen molar-refractivity contribution >= 4 is 0 Å². The smallest absolute Gasteiger partial charge is 0.00104 e. The van der Waals surface area contributed by atoms with Crippen LogP contribution in [0.15, 0.2) is 24.3 Å². The fourth-order valence-corrected chi connectivity index (χ4v) is 2.11. The average Bonchev–Trinajstić information content (AvgIpc) is 2.36. The van der Waals surface area contributed by atoms with Gasteiger partial charge in [0.25, 0.3) is 0 Å². The molecule has 0 saturated heterocycles. The van der Waals surface area contributed by atoms with E-state index in [0.29, 0.717) is 6.04 Å². The molecule has 2 unspecified atom stereocenters. The zero-order chi connectivity index (χ0) is 13.5. The van der Waals surface area contributed by atoms with Crippen LogP contribution < -0.4 is 5.32 Å². The molecule has 0 aliphatic rings. The van der Waals surface area contributed by atoms with E-state index in [1.54, 1.807) is 0 Å². The normalized spacial score (nSPS) is 14.8. The van der Waals surface area contributed by atoms with Gasteiger partial charge in [-0.25, -0.2) is 0 Å². The molecule has 0 saturated carbocycles. The van der Waals surface area contributed by atoms with Gasteiger partial charge in [0.05, 0.1) is 0 Å². The van der Waals surface area contributed by atoms with E-state index in [2.05, 4.69) is 64.2 Å². The monoisotopic (exact) mass is 247 g/mol. The fourth-order valence-electron chi connectivity index (χ4n) is 2.11. The summed E-state index contributed by atoms with van der Waals surface area (Å²) >= 11 is 0. The van der Waals surface area contributed by atoms with Gasteiger partial charge in [0.15, 0.2) is 0 Å². The molecule has 18 heavy (non-hydrogen) atoms. The molecular formula is C17H29N. The van der Waals surface area contributed by atoms with Crippen LogP contribution in [0.25, 0.3) is 0 Å². The van der Waals surface area contributed by atoms with Crippen LogP contribution in [-0.2, 0) is 12.8 Å². The number of rotatable bonds is 7. The van der Waals surface area contributed by atoms with Gasteiger partial charge in [0.1, 0.15) is 0 Å². The molecule has 0 aliphatic carbocycles. The van der Waals surface area contributed by atoms with Crippen molar-refractivity contribution in [2.75, 3.05) is 6.54 Å². The van der Waals surface area contributed by atoms with Crippen molar-refractivity contribution in [2.45, 2.75) is 53.5 Å². The molecule has 1 nitrogen and oxygen atoms in total. The van der Waals surface area contributed by atoms with Crippen LogP contribution in [0, 0.1) is 11.8 Å². The van der Waals surface area contributed by atoms with Crippen LogP contribution >= 0.6 is 0 Å². The summed E-state index contributed by atoms with van der Waals surface area (Å²) in [6, 6.07) is 9.69. The van der Waals surface area contributed by atoms with Crippen LogP contribution in [-0.4, -0.2) is 12.6 Å². The van der Waals surface area contributed by atoms with E-state index in [1.165, 1.54) is 17.5 Å². The Morgan fingerprint density at radius 3 is 1.94 bits per heavy atom. The van der Waals surface area contributed by atoms with Crippen molar-refractivity contribution in [3.05, 3.63) is 35.4 Å². The maximum atomic E-state index is 3.53. The van der Waals surface area contributed by atoms with Gasteiger partial charge in [-0.3, -0.25) is 0 Å². The highest BCUT2D eigenvalue weighted by Crippen LogP contribution is 2.17. The fraction of sp³-hybridized carbons (Fsp3) is 0.647. The summed E-state index contributed by atoms with van der Waals surface area (Å²) in [5.41, 5.74) is 2.90. The second-order valence-corrected chi connectivity index (χ2v) is 5.89. The predicted molar refractivity (Wildman–Crippen MR) is 81.0 cm³/mol. The van der Waals surface area contributed by atoms with Crippen LogP contribution in [0.2, 0.25) is 0 Å². The summed E-state index contributed by atoms with van der Waals surface area (Å²) in [5.74, 6) is 1.45. The van der Waals surface area contributed by atoms with Gasteiger partial charge in [-0.1, -0.05) is 58.9 Å². The van der Waals surface area contributed by atoms with Crippen molar-refractivity contribution in [1.29, 1.82) is 0 Å². The van der Waals surface area contributed by atoms with Gasteiger partial charge in [-0.2, -0.15) is 0 Å². The molecule has 1 heteroatoms. The van der Waals surface area contributed by atoms with Crippen LogP contribution in [0.3, 0.4) is 0 Å². The summed E-state index contributed by atoms with van der Waals surface area (Å²) < 4.78 is 0. The molecule has 0 fully saturated rings. The second-order valence-electron chi connectivity index (χ2n) is 5.89. The molecule has 2 atom stereocenters. The predicted octanol–water partition coefficient (Wildman–Crippen LogP) is 4.06. The zero-order valence-electron chi connectivity index (χ0n) is 12.7. The lowest BCUT2D eigenvalue weighted by Crippen LogP contribution is -2.31. The first-order valence-corrected chi connectivity index (χ1v) is 7.34. The maximum Gasteiger partial charge on any atom is 0.00104 e. The molecule has 0 heterocycles. The first kappa shape index (κ1) is 15.2. The summed E-state index contributed by atoms with van der Waals surface area (Å²) in [5, 5.41) is 3.53. The largest absolute Gasteiger partial charge is 0.314 e. The molecule has 102 valence electrons. The molecule has 1 aromatic carbocycles. The number of benzene rings is 1. The van der Waals surface area contributed by atoms with Crippen molar-refractivity contribution in [2.24, 2.45) is 11.8 Å². The Bertz CT molecular complexity index is 326. The van der Waals surface area contributed by atoms with E-state index in [0.717, 1.165) is 24.8 Å². The first-order valence-electron chi connectivity index (χ1n) is 7.34. The Morgan fingerprint density at radius 2 is 1.44 bits per heavy atom. The molecule has 1 rings (SSSR count). The third-order valence-electron chi connectivity index (χ3n) is 3.81. The van der Waals surface area contributed by atoms with Gasteiger partial charge < -0.3 is 5.32 Å². The third-order valence-corrected chi connectivity index (χ3v) is 3.81. The Morgan fingerprint density at radius 1 is 0.889 bits per heavy atom. The summed E-state index contributed by atoms with van der Waals surface area (Å²) in [7, 11) is 0. The average molecular weight is 247 g/mol. The molecule has 0 amide bonds. The van der Waals surface area contributed by atoms with Crippen LogP contribution in [0.5, 0.6) is 0 Å². The minimum atomic E-state index is 0.587. The van der Waals surface area contributed by atoms with Gasteiger partial charge in [0, 0.05) is 6.04 Å². The van der Waals surface area contributed by atoms with Crippen molar-refractivity contribution in [1.82, 2.24) is 5.32 Å². The maximum absolute atomic E-state index is 3.53. The van der Waals surface area contributed by atoms with Gasteiger partial charge in [-0.15, -0.1) is 0 Å². The molecule has 0 spiro atoms. The SMILES string of the molecule is CCc1ccc(CC(C)C(C)CNC(C)C)cc1. The second kappa shape index (κ2) is 7.58. The molecule has 1 N–H and O–H groups in total. The third kappa shape index (κ3) is 5.22. The molecule has 1 aromatic rings. The van der Waals surface area contributed by atoms with Gasteiger partial charge in [0.2, 0.25) is 0 Å². The highest BCUT2D eigenvalue weighted by Gasteiger charge is 2.13. The highest BCUT2D eigenvalue weighted by molar-refractivity contribution is 5.22. The molecule has 0 aromatic heterocycles. The van der Waals surface area contributed by atoms with E-state index in [1.807, 2.05) is 0 Å². The minimum absolute atomic E-state index is 0.587. The van der Waals surface area contributed by atoms with Crippen molar-refractivity contribution < 1.29 is 0 Å². The molecular weight excluding hydrogens is 218 g/mol. The minimum Gasteiger partial charge on any atom is -0.314 e. The Balaban J connectivity index is 2.44. The van der Waals surface area contributed by atoms with Gasteiger partial charge in [-0.05, 0) is 42.3 Å². The molecule has 0 radical (unpaired) electrons. The van der Waals surface area contributed by atoms with E-state index in [4.69, 9.17) is 0 Å². The lowest BCUT2D eigenvalue weighted by Gasteiger charge is -2.22. The summed E-state index contributed by atoms with van der Waals surface area (Å²) in [6.07, 6.45) is 2.31. The summed E-state index contributed by atoms with van der Waals surface area (Å²) in [4.78, 5) is 0. The topological polar surface area (TPSA) is 12.0 Å². The quantitative estimate of drug-likeness (QED) is 0.766. The van der Waals surface area contributed by atoms with Crippen LogP contribution in [0.1, 0.15) is 45.7 Å². The van der Waals surface area contributed by atoms with Gasteiger partial charge >= 0.3 is 0 Å². The Hall–Kier alpha value is -0.820. The lowest BCUT2D eigenvalue weighted by molar-refractivity contribution is 0.354. The Labute approximate surface area is 113 Å². The molecule has 0 aliphatic heterocycles. The van der Waals surface area contributed by atoms with E-state index >= 15 is 0 Å². The van der Waals surface area contributed by atoms with E-state index in [9.17, 15) is 0 Å². The number of hydrogen-bond acceptors (Lipinski definition) is 1. The van der Waals surface area contributed by atoms with E-state index < -0.39 is 0 Å². The number of nitrogens with one attached hydrogen (secondary N) is 1. The van der Waals surface area contributed by atoms with E-state index in [-0.39, 0.29) is 0 Å². The van der Waals surface area contributed by atoms with Crippen molar-refractivity contribution in [3.8, 4) is 0 Å². The highest BCUT2D eigenvalue weighted by atomic mass is 14.9. The molecule has 0 bridgehead atoms. The standard InChI is InChI=1S/C17H29N/c1-6-16-7-9-17(10-8-16)11-14(4)15(5)12-18-13(2)3/h7-10,13-15,18H,6,11-12H2,1-5H3. The number of hydrogen-bond donors (Lipinski definition) is 1. The zero-order valence-corrected chi connectivity index (χ0v) is 12.7. The van der Waals surface area contributed by atoms with Crippen molar-refractivity contribution in [3.63, 3.8) is 0 Å². The first-order chi connectivity index (χ1) is 8.52. The lowest BCUT2D eigenvalue weighted by atomic mass is 9.89.